The van der Waals surface area contributed by atoms with Gasteiger partial charge >= 0.3 is 360 Å². The molecule has 0 unspecified atom stereocenters. The first-order valence-corrected chi connectivity index (χ1v) is 28.1. The number of benzene rings is 9. The van der Waals surface area contributed by atoms with E-state index in [2.05, 4.69) is 260 Å². The number of hydrogen-bond donors (Lipinski definition) is 0. The first-order valence-electron chi connectivity index (χ1n) is 19.6. The summed E-state index contributed by atoms with van der Waals surface area (Å²) in [7, 11) is 0. The SMILES string of the molecule is c1ccc([As](c2ccccc2)c2ccc(N(c3ccc([As](c4ccccc4)c4ccccc4)cc3)c3ccc([As](c4ccccc4)c4ccccc4)cc3)cc2)cc1. The van der Waals surface area contributed by atoms with Gasteiger partial charge in [0.2, 0.25) is 0 Å². The molecule has 9 rings (SSSR count). The molecule has 0 fully saturated rings. The van der Waals surface area contributed by atoms with Crippen molar-refractivity contribution in [3.05, 3.63) is 255 Å². The Bertz CT molecular complexity index is 2210. The third-order valence-electron chi connectivity index (χ3n) is 10.2. The molecule has 0 saturated heterocycles. The van der Waals surface area contributed by atoms with Gasteiger partial charge in [0, 0.05) is 0 Å². The average Bonchev–Trinajstić information content (AvgIpc) is 3.30. The zero-order chi connectivity index (χ0) is 38.9. The van der Waals surface area contributed by atoms with E-state index in [0.717, 1.165) is 17.1 Å². The van der Waals surface area contributed by atoms with Crippen LogP contribution in [0.1, 0.15) is 0 Å². The Labute approximate surface area is 357 Å². The number of rotatable bonds is 12. The topological polar surface area (TPSA) is 3.24 Å². The van der Waals surface area contributed by atoms with Crippen LogP contribution in [-0.2, 0) is 0 Å². The first-order chi connectivity index (χ1) is 28.8. The first kappa shape index (κ1) is 38.0. The number of anilines is 3. The van der Waals surface area contributed by atoms with Crippen LogP contribution in [0.3, 0.4) is 0 Å². The second kappa shape index (κ2) is 18.4. The Balaban J connectivity index is 1.13. The Morgan fingerprint density at radius 3 is 0.500 bits per heavy atom. The molecule has 0 bridgehead atoms. The monoisotopic (exact) mass is 929 g/mol. The molecule has 0 aliphatic carbocycles. The van der Waals surface area contributed by atoms with Crippen LogP contribution in [-0.4, -0.2) is 44.0 Å². The van der Waals surface area contributed by atoms with Crippen molar-refractivity contribution in [2.24, 2.45) is 0 Å². The zero-order valence-corrected chi connectivity index (χ0v) is 37.7. The van der Waals surface area contributed by atoms with Crippen molar-refractivity contribution in [2.75, 3.05) is 4.90 Å². The van der Waals surface area contributed by atoms with E-state index in [-0.39, 0.29) is 0 Å². The van der Waals surface area contributed by atoms with Crippen LogP contribution in [0.2, 0.25) is 0 Å². The zero-order valence-electron chi connectivity index (χ0n) is 32.0. The van der Waals surface area contributed by atoms with Crippen molar-refractivity contribution >= 4 is 100 Å². The van der Waals surface area contributed by atoms with E-state index in [1.807, 2.05) is 0 Å². The van der Waals surface area contributed by atoms with E-state index in [9.17, 15) is 0 Å². The molecule has 9 aromatic carbocycles. The molecule has 0 saturated carbocycles. The molecule has 1 nitrogen and oxygen atoms in total. The summed E-state index contributed by atoms with van der Waals surface area (Å²) in [5.74, 6) is 0. The summed E-state index contributed by atoms with van der Waals surface area (Å²) in [6.07, 6.45) is 0. The van der Waals surface area contributed by atoms with Crippen molar-refractivity contribution in [1.29, 1.82) is 0 Å². The maximum atomic E-state index is 2.43. The molecule has 0 aliphatic heterocycles. The predicted molar refractivity (Wildman–Crippen MR) is 254 cm³/mol. The molecule has 4 heteroatoms. The van der Waals surface area contributed by atoms with Crippen molar-refractivity contribution in [3.63, 3.8) is 0 Å². The van der Waals surface area contributed by atoms with Crippen molar-refractivity contribution in [3.8, 4) is 0 Å². The van der Waals surface area contributed by atoms with E-state index >= 15 is 0 Å². The van der Waals surface area contributed by atoms with Crippen molar-refractivity contribution in [2.45, 2.75) is 0 Å². The van der Waals surface area contributed by atoms with Gasteiger partial charge in [0.25, 0.3) is 0 Å². The van der Waals surface area contributed by atoms with E-state index in [0.29, 0.717) is 0 Å². The van der Waals surface area contributed by atoms with E-state index in [1.165, 1.54) is 39.2 Å². The third kappa shape index (κ3) is 8.51. The van der Waals surface area contributed by atoms with Gasteiger partial charge in [-0.25, -0.2) is 0 Å². The molecule has 0 amide bonds. The molecule has 58 heavy (non-hydrogen) atoms. The van der Waals surface area contributed by atoms with Crippen LogP contribution in [0, 0.1) is 0 Å². The Kier molecular flexibility index (Phi) is 12.0. The van der Waals surface area contributed by atoms with Crippen LogP contribution in [0.5, 0.6) is 0 Å². The summed E-state index contributed by atoms with van der Waals surface area (Å²) in [6.45, 7) is 0. The third-order valence-corrected chi connectivity index (χ3v) is 25.6. The predicted octanol–water partition coefficient (Wildman–Crippen LogP) is 6.71. The van der Waals surface area contributed by atoms with Crippen LogP contribution in [0.25, 0.3) is 0 Å². The molecular formula is C54H42As3N. The van der Waals surface area contributed by atoms with Gasteiger partial charge in [-0.15, -0.1) is 0 Å². The van der Waals surface area contributed by atoms with Gasteiger partial charge in [-0.1, -0.05) is 0 Å². The molecular weight excluding hydrogens is 887 g/mol. The standard InChI is InChI=1S/C54H42As3N/c1-7-19-43(20-8-1)55(44-21-9-2-10-22-44)49-31-37-52(38-32-49)58(53-39-33-50(34-40-53)56(45-23-11-3-12-24-45)46-25-13-4-14-26-46)54-41-35-51(36-42-54)57(47-27-15-5-16-28-47)48-29-17-6-18-30-48/h1-42H. The Hall–Kier alpha value is -5.54. The summed E-state index contributed by atoms with van der Waals surface area (Å²) >= 11 is -5.29. The van der Waals surface area contributed by atoms with E-state index in [1.54, 1.807) is 0 Å². The van der Waals surface area contributed by atoms with Crippen LogP contribution in [0.4, 0.5) is 17.1 Å². The van der Waals surface area contributed by atoms with E-state index in [4.69, 9.17) is 0 Å². The van der Waals surface area contributed by atoms with Gasteiger partial charge < -0.3 is 0 Å². The number of nitrogens with zero attached hydrogens (tertiary/aromatic N) is 1. The fraction of sp³-hybridized carbons (Fsp3) is 0. The van der Waals surface area contributed by atoms with E-state index < -0.39 is 44.0 Å². The maximum absolute atomic E-state index is 2.43. The van der Waals surface area contributed by atoms with Crippen LogP contribution in [0.15, 0.2) is 255 Å². The fourth-order valence-electron chi connectivity index (χ4n) is 7.50. The van der Waals surface area contributed by atoms with Crippen LogP contribution >= 0.6 is 0 Å². The number of hydrogen-bond acceptors (Lipinski definition) is 1. The Morgan fingerprint density at radius 1 is 0.172 bits per heavy atom. The van der Waals surface area contributed by atoms with Gasteiger partial charge in [-0.3, -0.25) is 0 Å². The minimum atomic E-state index is -1.76. The summed E-state index contributed by atoms with van der Waals surface area (Å²) in [4.78, 5) is 2.43. The van der Waals surface area contributed by atoms with Gasteiger partial charge in [-0.2, -0.15) is 0 Å². The molecule has 0 radical (unpaired) electrons. The fourth-order valence-corrected chi connectivity index (χ4v) is 21.9. The molecule has 0 aliphatic rings. The summed E-state index contributed by atoms with van der Waals surface area (Å²) < 4.78 is 12.9. The van der Waals surface area contributed by atoms with Gasteiger partial charge in [-0.05, 0) is 0 Å². The molecule has 0 spiro atoms. The second-order valence-corrected chi connectivity index (χ2v) is 27.9. The second-order valence-electron chi connectivity index (χ2n) is 13.9. The summed E-state index contributed by atoms with van der Waals surface area (Å²) in [5.41, 5.74) is 3.46. The summed E-state index contributed by atoms with van der Waals surface area (Å²) in [6, 6.07) is 94.8. The molecule has 0 N–H and O–H groups in total. The van der Waals surface area contributed by atoms with Gasteiger partial charge in [0.05, 0.1) is 0 Å². The molecule has 278 valence electrons. The molecule has 0 atom stereocenters. The minimum absolute atomic E-state index is 1.15. The quantitative estimate of drug-likeness (QED) is 0.124. The Morgan fingerprint density at radius 2 is 0.328 bits per heavy atom. The molecule has 9 aromatic rings. The average molecular weight is 930 g/mol. The van der Waals surface area contributed by atoms with Crippen molar-refractivity contribution in [1.82, 2.24) is 0 Å². The molecule has 0 aromatic heterocycles. The normalized spacial score (nSPS) is 11.2. The van der Waals surface area contributed by atoms with Gasteiger partial charge in [0.1, 0.15) is 0 Å². The van der Waals surface area contributed by atoms with Crippen LogP contribution < -0.4 is 44.1 Å². The molecule has 0 heterocycles. The van der Waals surface area contributed by atoms with Crippen molar-refractivity contribution < 1.29 is 0 Å². The summed E-state index contributed by atoms with van der Waals surface area (Å²) in [5, 5.41) is 0. The van der Waals surface area contributed by atoms with Gasteiger partial charge in [0.15, 0.2) is 0 Å².